The number of hydrogen-bond donors (Lipinski definition) is 1. The minimum Gasteiger partial charge on any atom is -0.321 e. The summed E-state index contributed by atoms with van der Waals surface area (Å²) < 4.78 is 2.65. The molecule has 1 aromatic heterocycles. The van der Waals surface area contributed by atoms with E-state index >= 15 is 0 Å². The first kappa shape index (κ1) is 10.3. The fourth-order valence-electron chi connectivity index (χ4n) is 1.24. The zero-order chi connectivity index (χ0) is 10.8. The number of aromatic nitrogens is 4. The third-order valence-corrected chi connectivity index (χ3v) is 2.50. The zero-order valence-corrected chi connectivity index (χ0v) is 9.72. The van der Waals surface area contributed by atoms with E-state index in [1.165, 1.54) is 0 Å². The van der Waals surface area contributed by atoms with Gasteiger partial charge >= 0.3 is 0 Å². The highest BCUT2D eigenvalue weighted by molar-refractivity contribution is 9.10. The summed E-state index contributed by atoms with van der Waals surface area (Å²) in [6, 6.07) is 7.52. The van der Waals surface area contributed by atoms with Crippen LogP contribution in [-0.2, 0) is 0 Å². The molecule has 1 atom stereocenters. The van der Waals surface area contributed by atoms with Crippen molar-refractivity contribution in [2.24, 2.45) is 5.73 Å². The Kier molecular flexibility index (Phi) is 2.79. The quantitative estimate of drug-likeness (QED) is 0.894. The average molecular weight is 268 g/mol. The molecule has 5 nitrogen and oxygen atoms in total. The monoisotopic (exact) mass is 267 g/mol. The first-order valence-corrected chi connectivity index (χ1v) is 5.27. The summed E-state index contributed by atoms with van der Waals surface area (Å²) in [4.78, 5) is 0. The normalized spacial score (nSPS) is 12.7. The Morgan fingerprint density at radius 1 is 1.33 bits per heavy atom. The molecule has 2 rings (SSSR count). The fraction of sp³-hybridized carbons (Fsp3) is 0.222. The van der Waals surface area contributed by atoms with Crippen LogP contribution in [0.1, 0.15) is 18.8 Å². The molecule has 15 heavy (non-hydrogen) atoms. The van der Waals surface area contributed by atoms with E-state index in [2.05, 4.69) is 31.5 Å². The van der Waals surface area contributed by atoms with Crippen molar-refractivity contribution in [3.8, 4) is 5.69 Å². The minimum absolute atomic E-state index is 0.191. The van der Waals surface area contributed by atoms with E-state index in [0.29, 0.717) is 5.82 Å². The second kappa shape index (κ2) is 4.08. The highest BCUT2D eigenvalue weighted by atomic mass is 79.9. The Balaban J connectivity index is 2.45. The number of tetrazole rings is 1. The van der Waals surface area contributed by atoms with E-state index in [9.17, 15) is 0 Å². The lowest BCUT2D eigenvalue weighted by Gasteiger charge is -2.06. The average Bonchev–Trinajstić information content (AvgIpc) is 2.67. The van der Waals surface area contributed by atoms with Crippen molar-refractivity contribution < 1.29 is 0 Å². The molecule has 1 heterocycles. The lowest BCUT2D eigenvalue weighted by molar-refractivity contribution is 0.688. The van der Waals surface area contributed by atoms with Crippen LogP contribution in [-0.4, -0.2) is 20.2 Å². The van der Waals surface area contributed by atoms with Crippen molar-refractivity contribution >= 4 is 15.9 Å². The molecule has 0 aliphatic rings. The molecule has 78 valence electrons. The molecular formula is C9H10BrN5. The molecule has 2 N–H and O–H groups in total. The molecule has 0 fully saturated rings. The number of halogens is 1. The first-order chi connectivity index (χ1) is 7.18. The van der Waals surface area contributed by atoms with Gasteiger partial charge in [0.2, 0.25) is 0 Å². The standard InChI is InChI=1S/C9H10BrN5/c1-6(11)9-12-13-14-15(9)8-4-2-7(10)3-5-8/h2-6H,11H2,1H3/t6-/m0/s1. The first-order valence-electron chi connectivity index (χ1n) is 4.48. The van der Waals surface area contributed by atoms with Crippen LogP contribution in [0, 0.1) is 0 Å². The molecule has 1 aromatic carbocycles. The van der Waals surface area contributed by atoms with Crippen LogP contribution in [0.4, 0.5) is 0 Å². The van der Waals surface area contributed by atoms with Gasteiger partial charge < -0.3 is 5.73 Å². The van der Waals surface area contributed by atoms with Crippen molar-refractivity contribution in [1.29, 1.82) is 0 Å². The van der Waals surface area contributed by atoms with Gasteiger partial charge in [-0.2, -0.15) is 4.68 Å². The van der Waals surface area contributed by atoms with Gasteiger partial charge in [-0.15, -0.1) is 5.10 Å². The third-order valence-electron chi connectivity index (χ3n) is 1.97. The zero-order valence-electron chi connectivity index (χ0n) is 8.13. The van der Waals surface area contributed by atoms with Crippen LogP contribution < -0.4 is 5.73 Å². The molecule has 0 saturated carbocycles. The Morgan fingerprint density at radius 2 is 2.00 bits per heavy atom. The third kappa shape index (κ3) is 2.05. The Hall–Kier alpha value is -1.27. The Morgan fingerprint density at radius 3 is 2.60 bits per heavy atom. The predicted octanol–water partition coefficient (Wildman–Crippen LogP) is 1.44. The summed E-state index contributed by atoms with van der Waals surface area (Å²) >= 11 is 3.37. The van der Waals surface area contributed by atoms with E-state index in [0.717, 1.165) is 10.2 Å². The van der Waals surface area contributed by atoms with Gasteiger partial charge in [0.1, 0.15) is 0 Å². The van der Waals surface area contributed by atoms with Crippen molar-refractivity contribution in [2.45, 2.75) is 13.0 Å². The van der Waals surface area contributed by atoms with E-state index < -0.39 is 0 Å². The van der Waals surface area contributed by atoms with E-state index in [-0.39, 0.29) is 6.04 Å². The lowest BCUT2D eigenvalue weighted by Crippen LogP contribution is -2.13. The number of nitrogens with zero attached hydrogens (tertiary/aromatic N) is 4. The lowest BCUT2D eigenvalue weighted by atomic mass is 10.3. The van der Waals surface area contributed by atoms with Crippen LogP contribution >= 0.6 is 15.9 Å². The number of hydrogen-bond acceptors (Lipinski definition) is 4. The molecule has 0 bridgehead atoms. The highest BCUT2D eigenvalue weighted by Crippen LogP contribution is 2.15. The predicted molar refractivity (Wildman–Crippen MR) is 59.5 cm³/mol. The molecule has 0 saturated heterocycles. The Bertz CT molecular complexity index is 448. The summed E-state index contributed by atoms with van der Waals surface area (Å²) in [5.41, 5.74) is 6.65. The smallest absolute Gasteiger partial charge is 0.173 e. The maximum absolute atomic E-state index is 5.75. The van der Waals surface area contributed by atoms with E-state index in [4.69, 9.17) is 5.73 Å². The van der Waals surface area contributed by atoms with Crippen LogP contribution in [0.25, 0.3) is 5.69 Å². The van der Waals surface area contributed by atoms with Gasteiger partial charge in [-0.3, -0.25) is 0 Å². The van der Waals surface area contributed by atoms with Crippen LogP contribution in [0.5, 0.6) is 0 Å². The summed E-state index contributed by atoms with van der Waals surface area (Å²) in [5.74, 6) is 0.650. The maximum Gasteiger partial charge on any atom is 0.173 e. The summed E-state index contributed by atoms with van der Waals surface area (Å²) in [5, 5.41) is 11.4. The van der Waals surface area contributed by atoms with Crippen molar-refractivity contribution in [3.05, 3.63) is 34.6 Å². The molecule has 0 unspecified atom stereocenters. The number of nitrogens with two attached hydrogens (primary N) is 1. The van der Waals surface area contributed by atoms with Gasteiger partial charge in [-0.1, -0.05) is 15.9 Å². The van der Waals surface area contributed by atoms with Crippen LogP contribution in [0.15, 0.2) is 28.7 Å². The number of benzene rings is 1. The van der Waals surface area contributed by atoms with E-state index in [1.54, 1.807) is 4.68 Å². The number of rotatable bonds is 2. The molecule has 0 spiro atoms. The second-order valence-corrected chi connectivity index (χ2v) is 4.13. The fourth-order valence-corrected chi connectivity index (χ4v) is 1.51. The van der Waals surface area contributed by atoms with E-state index in [1.807, 2.05) is 31.2 Å². The van der Waals surface area contributed by atoms with Gasteiger partial charge in [0.15, 0.2) is 5.82 Å². The van der Waals surface area contributed by atoms with Gasteiger partial charge in [0, 0.05) is 4.47 Å². The molecule has 0 amide bonds. The van der Waals surface area contributed by atoms with Crippen molar-refractivity contribution in [3.63, 3.8) is 0 Å². The van der Waals surface area contributed by atoms with Crippen LogP contribution in [0.3, 0.4) is 0 Å². The summed E-state index contributed by atoms with van der Waals surface area (Å²) in [6.45, 7) is 1.85. The molecular weight excluding hydrogens is 258 g/mol. The Labute approximate surface area is 95.4 Å². The molecule has 0 aliphatic carbocycles. The minimum atomic E-state index is -0.191. The van der Waals surface area contributed by atoms with Crippen molar-refractivity contribution in [2.75, 3.05) is 0 Å². The SMILES string of the molecule is C[C@H](N)c1nnnn1-c1ccc(Br)cc1. The van der Waals surface area contributed by atoms with Gasteiger partial charge in [-0.25, -0.2) is 0 Å². The summed E-state index contributed by atoms with van der Waals surface area (Å²) in [6.07, 6.45) is 0. The van der Waals surface area contributed by atoms with Gasteiger partial charge in [-0.05, 0) is 41.6 Å². The van der Waals surface area contributed by atoms with Gasteiger partial charge in [0.05, 0.1) is 11.7 Å². The molecule has 6 heteroatoms. The molecule has 0 radical (unpaired) electrons. The second-order valence-electron chi connectivity index (χ2n) is 3.21. The highest BCUT2D eigenvalue weighted by Gasteiger charge is 2.11. The van der Waals surface area contributed by atoms with Crippen molar-refractivity contribution in [1.82, 2.24) is 20.2 Å². The van der Waals surface area contributed by atoms with Gasteiger partial charge in [0.25, 0.3) is 0 Å². The summed E-state index contributed by atoms with van der Waals surface area (Å²) in [7, 11) is 0. The molecule has 2 aromatic rings. The topological polar surface area (TPSA) is 69.6 Å². The van der Waals surface area contributed by atoms with Crippen LogP contribution in [0.2, 0.25) is 0 Å². The molecule has 0 aliphatic heterocycles. The largest absolute Gasteiger partial charge is 0.321 e. The maximum atomic E-state index is 5.75.